The summed E-state index contributed by atoms with van der Waals surface area (Å²) in [5.41, 5.74) is 2.65. The third-order valence-electron chi connectivity index (χ3n) is 12.0. The van der Waals surface area contributed by atoms with Gasteiger partial charge in [0, 0.05) is 23.1 Å². The Labute approximate surface area is 365 Å². The van der Waals surface area contributed by atoms with Crippen LogP contribution in [0.2, 0.25) is 10.0 Å². The lowest BCUT2D eigenvalue weighted by molar-refractivity contribution is -0.193. The van der Waals surface area contributed by atoms with E-state index in [0.717, 1.165) is 41.5 Å². The first-order valence-electron chi connectivity index (χ1n) is 19.9. The fourth-order valence-corrected chi connectivity index (χ4v) is 8.78. The molecule has 12 nitrogen and oxygen atoms in total. The average Bonchev–Trinajstić information content (AvgIpc) is 3.20. The second-order valence-corrected chi connectivity index (χ2v) is 17.5. The molecule has 4 aromatic carbocycles. The highest BCUT2D eigenvalue weighted by atomic mass is 35.5. The molecule has 2 aliphatic carbocycles. The van der Waals surface area contributed by atoms with Gasteiger partial charge in [-0.25, -0.2) is 0 Å². The molecule has 0 aromatic heterocycles. The van der Waals surface area contributed by atoms with Crippen LogP contribution in [0.3, 0.4) is 0 Å². The molecule has 2 saturated heterocycles. The van der Waals surface area contributed by atoms with Crippen molar-refractivity contribution in [3.05, 3.63) is 141 Å². The minimum absolute atomic E-state index is 0.00532. The Kier molecular flexibility index (Phi) is 15.2. The number of amides is 4. The van der Waals surface area contributed by atoms with Crippen molar-refractivity contribution in [3.63, 3.8) is 0 Å². The molecule has 2 saturated carbocycles. The number of carbonyl (C=O) groups is 4. The third kappa shape index (κ3) is 10.4. The van der Waals surface area contributed by atoms with Crippen molar-refractivity contribution in [2.24, 2.45) is 11.3 Å². The second kappa shape index (κ2) is 20.1. The van der Waals surface area contributed by atoms with Crippen LogP contribution in [0, 0.1) is 11.3 Å². The molecule has 2 aliphatic heterocycles. The maximum atomic E-state index is 14.5. The van der Waals surface area contributed by atoms with E-state index in [4.69, 9.17) is 42.4 Å². The second-order valence-electron chi connectivity index (χ2n) is 16.6. The van der Waals surface area contributed by atoms with E-state index >= 15 is 0 Å². The lowest BCUT2D eigenvalue weighted by Crippen LogP contribution is -2.73. The summed E-state index contributed by atoms with van der Waals surface area (Å²) in [5, 5.41) is 4.03. The van der Waals surface area contributed by atoms with Crippen LogP contribution in [0.25, 0.3) is 0 Å². The first-order chi connectivity index (χ1) is 29.1. The Morgan fingerprint density at radius 3 is 1.48 bits per heavy atom. The number of nitrogens with one attached hydrogen (secondary N) is 1. The molecule has 1 N–H and O–H groups in total. The van der Waals surface area contributed by atoms with Gasteiger partial charge < -0.3 is 20.0 Å². The molecule has 2 heterocycles. The molecule has 4 aromatic rings. The quantitative estimate of drug-likeness (QED) is 0.207. The van der Waals surface area contributed by atoms with Crippen molar-refractivity contribution >= 4 is 59.1 Å². The van der Waals surface area contributed by atoms with Crippen LogP contribution >= 0.6 is 23.2 Å². The number of benzene rings is 4. The van der Waals surface area contributed by atoms with Gasteiger partial charge in [-0.2, -0.15) is 19.2 Å². The predicted molar refractivity (Wildman–Crippen MR) is 225 cm³/mol. The van der Waals surface area contributed by atoms with E-state index in [9.17, 15) is 19.2 Å². The first-order valence-corrected chi connectivity index (χ1v) is 20.7. The number of nitrogens with zero attached hydrogens (tertiary/aromatic N) is 3. The SMILES string of the molecule is CC(C)(C)C1CC2(C1)C(=O)N(C(c1ccccc1)c1ccccc1)CC(=O)N2Cc1ccc(Cl)cc1.O=C1CNC(=O)C2(CCC2)N1Cc1ccc(Cl)cc1.O=C=O.O=C=O. The molecule has 0 radical (unpaired) electrons. The first kappa shape index (κ1) is 46.2. The van der Waals surface area contributed by atoms with E-state index in [-0.39, 0.29) is 60.5 Å². The summed E-state index contributed by atoms with van der Waals surface area (Å²) in [7, 11) is 0. The van der Waals surface area contributed by atoms with Crippen LogP contribution in [0.1, 0.15) is 81.2 Å². The van der Waals surface area contributed by atoms with Crippen molar-refractivity contribution in [1.82, 2.24) is 20.0 Å². The zero-order chi connectivity index (χ0) is 44.4. The predicted octanol–water partition coefficient (Wildman–Crippen LogP) is 7.05. The van der Waals surface area contributed by atoms with Crippen LogP contribution in [0.15, 0.2) is 109 Å². The van der Waals surface area contributed by atoms with Gasteiger partial charge in [-0.05, 0) is 90.0 Å². The Morgan fingerprint density at radius 2 is 1.08 bits per heavy atom. The summed E-state index contributed by atoms with van der Waals surface area (Å²) in [6.07, 6.45) is 4.39. The standard InChI is InChI=1S/C31H33ClN2O2.C14H15ClN2O2.2CO2/c1-30(2,3)25-18-31(19-25)29(36)33(21-27(35)34(31)20-22-14-16-26(32)17-15-22)28(23-10-6-4-7-11-23)24-12-8-5-9-13-24;15-11-4-2-10(3-5-11)9-17-12(18)8-16-13(19)14(17)6-1-7-14;2*2-1-3/h4-17,25,28H,18-21H2,1-3H3;2-5H,1,6-9H2,(H,16,19);;. The molecule has 2 spiro atoms. The summed E-state index contributed by atoms with van der Waals surface area (Å²) in [5.74, 6) is 0.401. The van der Waals surface area contributed by atoms with Gasteiger partial charge >= 0.3 is 12.3 Å². The van der Waals surface area contributed by atoms with Crippen LogP contribution in [0.4, 0.5) is 0 Å². The summed E-state index contributed by atoms with van der Waals surface area (Å²) in [6, 6.07) is 34.7. The minimum Gasteiger partial charge on any atom is -0.345 e. The maximum absolute atomic E-state index is 14.5. The van der Waals surface area contributed by atoms with Gasteiger partial charge in [0.15, 0.2) is 0 Å². The molecule has 318 valence electrons. The van der Waals surface area contributed by atoms with Gasteiger partial charge in [0.25, 0.3) is 0 Å². The molecule has 4 aliphatic rings. The van der Waals surface area contributed by atoms with Gasteiger partial charge in [-0.1, -0.05) is 129 Å². The van der Waals surface area contributed by atoms with E-state index in [0.29, 0.717) is 41.9 Å². The molecular formula is C47H48Cl2N4O8. The Morgan fingerprint density at radius 1 is 0.656 bits per heavy atom. The lowest BCUT2D eigenvalue weighted by atomic mass is 9.57. The smallest absolute Gasteiger partial charge is 0.345 e. The van der Waals surface area contributed by atoms with E-state index in [2.05, 4.69) is 26.1 Å². The van der Waals surface area contributed by atoms with Gasteiger partial charge in [0.05, 0.1) is 12.6 Å². The Hall–Kier alpha value is -5.90. The Balaban J connectivity index is 0.000000235. The van der Waals surface area contributed by atoms with Gasteiger partial charge in [-0.15, -0.1) is 0 Å². The van der Waals surface area contributed by atoms with Crippen molar-refractivity contribution in [2.75, 3.05) is 13.1 Å². The van der Waals surface area contributed by atoms with Crippen LogP contribution in [-0.2, 0) is 51.4 Å². The van der Waals surface area contributed by atoms with Crippen molar-refractivity contribution in [2.45, 2.75) is 83.1 Å². The number of hydrogen-bond acceptors (Lipinski definition) is 8. The zero-order valence-corrected chi connectivity index (χ0v) is 35.8. The summed E-state index contributed by atoms with van der Waals surface area (Å²) in [4.78, 5) is 90.4. The highest BCUT2D eigenvalue weighted by Gasteiger charge is 2.62. The van der Waals surface area contributed by atoms with Crippen molar-refractivity contribution in [1.29, 1.82) is 0 Å². The van der Waals surface area contributed by atoms with Crippen LogP contribution in [-0.4, -0.2) is 74.8 Å². The van der Waals surface area contributed by atoms with Crippen LogP contribution in [0.5, 0.6) is 0 Å². The molecule has 8 rings (SSSR count). The largest absolute Gasteiger partial charge is 0.373 e. The Bertz CT molecular complexity index is 2170. The summed E-state index contributed by atoms with van der Waals surface area (Å²) < 4.78 is 0. The summed E-state index contributed by atoms with van der Waals surface area (Å²) >= 11 is 12.0. The molecule has 0 bridgehead atoms. The fourth-order valence-electron chi connectivity index (χ4n) is 8.53. The zero-order valence-electron chi connectivity index (χ0n) is 34.3. The third-order valence-corrected chi connectivity index (χ3v) is 12.6. The molecule has 0 atom stereocenters. The lowest BCUT2D eigenvalue weighted by Gasteiger charge is -2.60. The fraction of sp³-hybridized carbons (Fsp3) is 0.362. The highest BCUT2D eigenvalue weighted by Crippen LogP contribution is 2.54. The van der Waals surface area contributed by atoms with E-state index in [1.165, 1.54) is 0 Å². The van der Waals surface area contributed by atoms with Crippen LogP contribution < -0.4 is 5.32 Å². The minimum atomic E-state index is -0.825. The maximum Gasteiger partial charge on any atom is 0.373 e. The topological polar surface area (TPSA) is 158 Å². The molecule has 14 heteroatoms. The van der Waals surface area contributed by atoms with Gasteiger partial charge in [0.2, 0.25) is 23.6 Å². The molecule has 4 fully saturated rings. The monoisotopic (exact) mass is 866 g/mol. The normalized spacial score (nSPS) is 20.0. The highest BCUT2D eigenvalue weighted by molar-refractivity contribution is 6.30. The molecule has 61 heavy (non-hydrogen) atoms. The van der Waals surface area contributed by atoms with Crippen molar-refractivity contribution < 1.29 is 38.4 Å². The average molecular weight is 868 g/mol. The van der Waals surface area contributed by atoms with Crippen molar-refractivity contribution in [3.8, 4) is 0 Å². The molecular weight excluding hydrogens is 819 g/mol. The van der Waals surface area contributed by atoms with Gasteiger partial charge in [-0.3, -0.25) is 19.2 Å². The summed E-state index contributed by atoms with van der Waals surface area (Å²) in [6.45, 7) is 7.71. The van der Waals surface area contributed by atoms with E-state index in [1.54, 1.807) is 17.0 Å². The number of carbonyl (C=O) groups excluding carboxylic acids is 8. The molecule has 0 unspecified atom stereocenters. The van der Waals surface area contributed by atoms with E-state index < -0.39 is 11.1 Å². The number of halogens is 2. The van der Waals surface area contributed by atoms with E-state index in [1.807, 2.05) is 107 Å². The van der Waals surface area contributed by atoms with Gasteiger partial charge in [0.1, 0.15) is 17.6 Å². The molecule has 4 amide bonds. The number of rotatable bonds is 7. The number of hydrogen-bond donors (Lipinski definition) is 1. The number of piperazine rings is 2.